The minimum atomic E-state index is -3.86. The van der Waals surface area contributed by atoms with Crippen LogP contribution in [0, 0.1) is 0 Å². The minimum Gasteiger partial charge on any atom is -0.325 e. The van der Waals surface area contributed by atoms with Crippen LogP contribution in [0.1, 0.15) is 6.42 Å². The summed E-state index contributed by atoms with van der Waals surface area (Å²) < 4.78 is 29.3. The topological polar surface area (TPSA) is 106 Å². The Morgan fingerprint density at radius 1 is 1.38 bits per heavy atom. The minimum absolute atomic E-state index is 0.187. The molecule has 0 aliphatic carbocycles. The molecule has 0 saturated carbocycles. The van der Waals surface area contributed by atoms with Crippen LogP contribution in [-0.4, -0.2) is 50.0 Å². The van der Waals surface area contributed by atoms with Gasteiger partial charge in [0, 0.05) is 13.0 Å². The van der Waals surface area contributed by atoms with Gasteiger partial charge < -0.3 is 5.73 Å². The van der Waals surface area contributed by atoms with E-state index in [1.165, 1.54) is 0 Å². The van der Waals surface area contributed by atoms with Crippen LogP contribution in [0.25, 0.3) is 0 Å². The first-order valence-electron chi connectivity index (χ1n) is 4.05. The van der Waals surface area contributed by atoms with E-state index in [4.69, 9.17) is 16.1 Å². The zero-order valence-electron chi connectivity index (χ0n) is 7.81. The molecule has 0 aliphatic heterocycles. The van der Waals surface area contributed by atoms with Gasteiger partial charge in [0.25, 0.3) is 10.1 Å². The van der Waals surface area contributed by atoms with E-state index in [0.29, 0.717) is 26.1 Å². The summed E-state index contributed by atoms with van der Waals surface area (Å²) in [5.74, 6) is 5.49. The fraction of sp³-hybridized carbons (Fsp3) is 1.00. The van der Waals surface area contributed by atoms with Gasteiger partial charge in [0.1, 0.15) is 6.54 Å². The molecule has 7 heteroatoms. The second-order valence-electron chi connectivity index (χ2n) is 3.35. The van der Waals surface area contributed by atoms with Gasteiger partial charge in [-0.15, -0.1) is 0 Å². The van der Waals surface area contributed by atoms with Crippen molar-refractivity contribution in [1.82, 2.24) is 0 Å². The van der Waals surface area contributed by atoms with Gasteiger partial charge in [-0.2, -0.15) is 14.3 Å². The number of nitrogens with two attached hydrogens (primary N) is 2. The lowest BCUT2D eigenvalue weighted by Crippen LogP contribution is -2.54. The second-order valence-corrected chi connectivity index (χ2v) is 4.93. The van der Waals surface area contributed by atoms with Crippen LogP contribution in [0.3, 0.4) is 0 Å². The average Bonchev–Trinajstić information content (AvgIpc) is 1.82. The zero-order chi connectivity index (χ0) is 10.5. The summed E-state index contributed by atoms with van der Waals surface area (Å²) in [7, 11) is -2.10. The summed E-state index contributed by atoms with van der Waals surface area (Å²) in [6.07, 6.45) is 0.339. The van der Waals surface area contributed by atoms with Gasteiger partial charge >= 0.3 is 0 Å². The van der Waals surface area contributed by atoms with Crippen LogP contribution in [0.2, 0.25) is 0 Å². The molecule has 1 atom stereocenters. The van der Waals surface area contributed by atoms with Crippen LogP contribution in [0.4, 0.5) is 0 Å². The molecular formula is C6H18N3O3S+. The van der Waals surface area contributed by atoms with E-state index in [-0.39, 0.29) is 10.3 Å². The normalized spacial score (nSPS) is 16.9. The maximum absolute atomic E-state index is 10.4. The van der Waals surface area contributed by atoms with Gasteiger partial charge in [0.05, 0.1) is 19.3 Å². The standard InChI is InChI=1S/C6H17N3O3S/c1-9(8,5-3-7)4-2-6-13(10,11)12/h2-8H2,1H3/p+1. The predicted octanol–water partition coefficient (Wildman–Crippen LogP) is -1.46. The SMILES string of the molecule is C[N+](N)(CCN)CCCS(=O)(=O)O. The lowest BCUT2D eigenvalue weighted by Gasteiger charge is -2.27. The molecule has 0 rings (SSSR count). The van der Waals surface area contributed by atoms with Gasteiger partial charge in [0.2, 0.25) is 0 Å². The molecule has 0 fully saturated rings. The van der Waals surface area contributed by atoms with Crippen molar-refractivity contribution in [3.8, 4) is 0 Å². The molecule has 0 amide bonds. The summed E-state index contributed by atoms with van der Waals surface area (Å²) in [4.78, 5) is 0. The molecule has 0 aromatic heterocycles. The third-order valence-corrected chi connectivity index (χ3v) is 2.52. The Bertz CT molecular complexity index is 238. The highest BCUT2D eigenvalue weighted by atomic mass is 32.2. The molecule has 0 aliphatic rings. The molecule has 0 spiro atoms. The molecule has 0 saturated heterocycles. The Morgan fingerprint density at radius 3 is 2.31 bits per heavy atom. The lowest BCUT2D eigenvalue weighted by atomic mass is 10.4. The van der Waals surface area contributed by atoms with Crippen molar-refractivity contribution >= 4 is 10.1 Å². The van der Waals surface area contributed by atoms with Crippen LogP contribution in [-0.2, 0) is 10.1 Å². The van der Waals surface area contributed by atoms with E-state index in [0.717, 1.165) is 0 Å². The highest BCUT2D eigenvalue weighted by Crippen LogP contribution is 1.96. The van der Waals surface area contributed by atoms with E-state index in [2.05, 4.69) is 0 Å². The van der Waals surface area contributed by atoms with Crippen LogP contribution < -0.4 is 11.6 Å². The Hall–Kier alpha value is -0.210. The van der Waals surface area contributed by atoms with Crippen molar-refractivity contribution in [3.63, 3.8) is 0 Å². The summed E-state index contributed by atoms with van der Waals surface area (Å²) in [5, 5.41) is 0. The van der Waals surface area contributed by atoms with Crippen LogP contribution in [0.15, 0.2) is 0 Å². The number of likely N-dealkylation sites (N-methyl/N-ethyl adjacent to an activating group) is 1. The lowest BCUT2D eigenvalue weighted by molar-refractivity contribution is -0.920. The third-order valence-electron chi connectivity index (χ3n) is 1.71. The molecule has 0 bridgehead atoms. The predicted molar refractivity (Wildman–Crippen MR) is 50.2 cm³/mol. The Labute approximate surface area is 78.8 Å². The fourth-order valence-electron chi connectivity index (χ4n) is 1.01. The first-order valence-corrected chi connectivity index (χ1v) is 5.66. The molecule has 6 nitrogen and oxygen atoms in total. The van der Waals surface area contributed by atoms with Crippen molar-refractivity contribution in [1.29, 1.82) is 0 Å². The monoisotopic (exact) mass is 212 g/mol. The maximum atomic E-state index is 10.4. The van der Waals surface area contributed by atoms with Gasteiger partial charge in [-0.25, -0.2) is 4.59 Å². The summed E-state index contributed by atoms with van der Waals surface area (Å²) in [5.41, 5.74) is 5.31. The van der Waals surface area contributed by atoms with E-state index in [1.807, 2.05) is 0 Å². The highest BCUT2D eigenvalue weighted by molar-refractivity contribution is 7.85. The molecular weight excluding hydrogens is 194 g/mol. The number of hydrogen-bond acceptors (Lipinski definition) is 4. The van der Waals surface area contributed by atoms with Gasteiger partial charge in [-0.3, -0.25) is 4.55 Å². The number of rotatable bonds is 6. The van der Waals surface area contributed by atoms with Crippen molar-refractivity contribution in [2.24, 2.45) is 11.6 Å². The van der Waals surface area contributed by atoms with Gasteiger partial charge in [-0.05, 0) is 0 Å². The molecule has 1 unspecified atom stereocenters. The van der Waals surface area contributed by atoms with Crippen molar-refractivity contribution in [2.45, 2.75) is 6.42 Å². The zero-order valence-corrected chi connectivity index (χ0v) is 8.63. The van der Waals surface area contributed by atoms with Crippen molar-refractivity contribution < 1.29 is 17.6 Å². The molecule has 0 radical (unpaired) electrons. The highest BCUT2D eigenvalue weighted by Gasteiger charge is 2.16. The van der Waals surface area contributed by atoms with Gasteiger partial charge in [-0.1, -0.05) is 0 Å². The maximum Gasteiger partial charge on any atom is 0.265 e. The smallest absolute Gasteiger partial charge is 0.265 e. The fourth-order valence-corrected chi connectivity index (χ4v) is 1.51. The molecule has 13 heavy (non-hydrogen) atoms. The van der Waals surface area contributed by atoms with Crippen LogP contribution >= 0.6 is 0 Å². The Balaban J connectivity index is 3.76. The van der Waals surface area contributed by atoms with E-state index in [1.54, 1.807) is 7.05 Å². The van der Waals surface area contributed by atoms with Crippen molar-refractivity contribution in [2.75, 3.05) is 32.4 Å². The first kappa shape index (κ1) is 12.8. The molecule has 0 heterocycles. The Morgan fingerprint density at radius 2 is 1.92 bits per heavy atom. The molecule has 0 aromatic carbocycles. The Kier molecular flexibility index (Phi) is 4.79. The van der Waals surface area contributed by atoms with Gasteiger partial charge in [0.15, 0.2) is 0 Å². The van der Waals surface area contributed by atoms with E-state index >= 15 is 0 Å². The third kappa shape index (κ3) is 8.13. The number of nitrogens with zero attached hydrogens (tertiary/aromatic N) is 1. The van der Waals surface area contributed by atoms with Crippen molar-refractivity contribution in [3.05, 3.63) is 0 Å². The molecule has 0 aromatic rings. The molecule has 5 N–H and O–H groups in total. The van der Waals surface area contributed by atoms with E-state index < -0.39 is 10.1 Å². The number of quaternary nitrogens is 1. The quantitative estimate of drug-likeness (QED) is 0.216. The summed E-state index contributed by atoms with van der Waals surface area (Å²) >= 11 is 0. The van der Waals surface area contributed by atoms with Crippen LogP contribution in [0.5, 0.6) is 0 Å². The molecule has 80 valence electrons. The summed E-state index contributed by atoms with van der Waals surface area (Å²) in [6, 6.07) is 0. The average molecular weight is 212 g/mol. The second kappa shape index (κ2) is 4.87. The van der Waals surface area contributed by atoms with E-state index in [9.17, 15) is 8.42 Å². The number of hydrogen-bond donors (Lipinski definition) is 3. The summed E-state index contributed by atoms with van der Waals surface area (Å²) in [6.45, 7) is 1.53. The first-order chi connectivity index (χ1) is 5.77. The largest absolute Gasteiger partial charge is 0.325 e.